The second-order valence-electron chi connectivity index (χ2n) is 19.6. The molecule has 0 aliphatic carbocycles. The van der Waals surface area contributed by atoms with Crippen LogP contribution >= 0.6 is 0 Å². The van der Waals surface area contributed by atoms with Gasteiger partial charge in [-0.05, 0) is 51.4 Å². The second kappa shape index (κ2) is 53.2. The van der Waals surface area contributed by atoms with Gasteiger partial charge in [-0.1, -0.05) is 264 Å². The van der Waals surface area contributed by atoms with Gasteiger partial charge in [0.25, 0.3) is 0 Å². The minimum atomic E-state index is -0.669. The number of hydrogen-bond donors (Lipinski definition) is 3. The summed E-state index contributed by atoms with van der Waals surface area (Å²) in [4.78, 5) is 24.5. The van der Waals surface area contributed by atoms with Crippen molar-refractivity contribution in [2.24, 2.45) is 0 Å². The first kappa shape index (κ1) is 61.6. The smallest absolute Gasteiger partial charge is 0.305 e. The summed E-state index contributed by atoms with van der Waals surface area (Å²) in [5.74, 6) is -0.0373. The zero-order chi connectivity index (χ0) is 45.8. The summed E-state index contributed by atoms with van der Waals surface area (Å²) in [7, 11) is 0. The predicted octanol–water partition coefficient (Wildman–Crippen LogP) is 17.3. The highest BCUT2D eigenvalue weighted by molar-refractivity contribution is 5.76. The first-order valence-corrected chi connectivity index (χ1v) is 28.4. The molecule has 63 heavy (non-hydrogen) atoms. The van der Waals surface area contributed by atoms with Crippen LogP contribution in [0.25, 0.3) is 0 Å². The number of carbonyl (C=O) groups is 2. The molecule has 0 fully saturated rings. The molecule has 1 amide bonds. The van der Waals surface area contributed by atoms with E-state index in [-0.39, 0.29) is 18.5 Å². The van der Waals surface area contributed by atoms with Gasteiger partial charge in [0, 0.05) is 12.8 Å². The molecule has 6 heteroatoms. The van der Waals surface area contributed by atoms with Gasteiger partial charge in [0.05, 0.1) is 25.4 Å². The Bertz CT molecular complexity index is 939. The summed E-state index contributed by atoms with van der Waals surface area (Å²) in [6.07, 6.45) is 62.0. The van der Waals surface area contributed by atoms with Gasteiger partial charge in [0.1, 0.15) is 0 Å². The molecule has 0 aromatic rings. The molecule has 0 aromatic carbocycles. The van der Waals surface area contributed by atoms with Crippen molar-refractivity contribution in [3.05, 3.63) is 12.2 Å². The summed E-state index contributed by atoms with van der Waals surface area (Å²) in [5.41, 5.74) is 0. The number of amides is 1. The SMILES string of the molecule is CCCCCCCCCCCCCCCCC(O)C(CO)NC(=O)CCCCCCCCC/C=C\CCCCCCCCCCOC(=O)CCCCCCCCCCCCCCC. The van der Waals surface area contributed by atoms with Gasteiger partial charge in [-0.25, -0.2) is 0 Å². The van der Waals surface area contributed by atoms with Crippen LogP contribution < -0.4 is 5.32 Å². The maximum absolute atomic E-state index is 12.5. The number of hydrogen-bond acceptors (Lipinski definition) is 5. The van der Waals surface area contributed by atoms with Crippen LogP contribution in [0.2, 0.25) is 0 Å². The van der Waals surface area contributed by atoms with E-state index in [9.17, 15) is 19.8 Å². The molecule has 6 nitrogen and oxygen atoms in total. The number of aliphatic hydroxyl groups excluding tert-OH is 2. The van der Waals surface area contributed by atoms with Gasteiger partial charge in [-0.15, -0.1) is 0 Å². The third-order valence-electron chi connectivity index (χ3n) is 13.3. The number of allylic oxidation sites excluding steroid dienone is 2. The number of nitrogens with one attached hydrogen (secondary N) is 1. The molecule has 0 aromatic heterocycles. The van der Waals surface area contributed by atoms with Gasteiger partial charge in [-0.3, -0.25) is 9.59 Å². The van der Waals surface area contributed by atoms with Crippen molar-refractivity contribution in [3.8, 4) is 0 Å². The molecule has 0 radical (unpaired) electrons. The highest BCUT2D eigenvalue weighted by atomic mass is 16.5. The molecule has 2 atom stereocenters. The van der Waals surface area contributed by atoms with Crippen molar-refractivity contribution in [2.75, 3.05) is 13.2 Å². The van der Waals surface area contributed by atoms with Crippen LogP contribution in [-0.2, 0) is 14.3 Å². The maximum atomic E-state index is 12.5. The van der Waals surface area contributed by atoms with Crippen LogP contribution in [-0.4, -0.2) is 47.4 Å². The summed E-state index contributed by atoms with van der Waals surface area (Å²) in [6.45, 7) is 4.95. The Morgan fingerprint density at radius 2 is 0.746 bits per heavy atom. The van der Waals surface area contributed by atoms with Gasteiger partial charge >= 0.3 is 5.97 Å². The van der Waals surface area contributed by atoms with E-state index in [4.69, 9.17) is 4.74 Å². The largest absolute Gasteiger partial charge is 0.466 e. The average molecular weight is 891 g/mol. The molecule has 0 bridgehead atoms. The summed E-state index contributed by atoms with van der Waals surface area (Å²) in [5, 5.41) is 23.2. The van der Waals surface area contributed by atoms with Crippen molar-refractivity contribution >= 4 is 11.9 Å². The Morgan fingerprint density at radius 3 is 1.13 bits per heavy atom. The van der Waals surface area contributed by atoms with E-state index in [0.29, 0.717) is 25.9 Å². The van der Waals surface area contributed by atoms with E-state index < -0.39 is 12.1 Å². The number of rotatable bonds is 53. The highest BCUT2D eigenvalue weighted by Gasteiger charge is 2.20. The Balaban J connectivity index is 3.43. The van der Waals surface area contributed by atoms with Gasteiger partial charge < -0.3 is 20.3 Å². The number of unbranched alkanes of at least 4 members (excludes halogenated alkanes) is 40. The number of carbonyl (C=O) groups excluding carboxylic acids is 2. The van der Waals surface area contributed by atoms with Gasteiger partial charge in [0.15, 0.2) is 0 Å². The van der Waals surface area contributed by atoms with Crippen LogP contribution in [0, 0.1) is 0 Å². The quantitative estimate of drug-likeness (QED) is 0.0321. The fourth-order valence-electron chi connectivity index (χ4n) is 8.93. The lowest BCUT2D eigenvalue weighted by Crippen LogP contribution is -2.45. The highest BCUT2D eigenvalue weighted by Crippen LogP contribution is 2.17. The standard InChI is InChI=1S/C57H111NO5/c1-3-5-7-9-11-13-15-17-26-29-33-37-41-45-49-55(60)54(53-59)58-56(61)50-46-42-38-34-30-27-23-21-19-18-20-22-24-28-32-36-40-44-48-52-63-57(62)51-47-43-39-35-31-25-16-14-12-10-8-6-4-2/h18-19,54-55,59-60H,3-17,20-53H2,1-2H3,(H,58,61)/b19-18-. The topological polar surface area (TPSA) is 95.9 Å². The number of aliphatic hydroxyl groups is 2. The van der Waals surface area contributed by atoms with Crippen LogP contribution in [0.3, 0.4) is 0 Å². The minimum absolute atomic E-state index is 0.00588. The number of esters is 1. The first-order valence-electron chi connectivity index (χ1n) is 28.4. The molecule has 374 valence electrons. The van der Waals surface area contributed by atoms with Crippen molar-refractivity contribution in [3.63, 3.8) is 0 Å². The normalized spacial score (nSPS) is 12.6. The van der Waals surface area contributed by atoms with Crippen LogP contribution in [0.15, 0.2) is 12.2 Å². The first-order chi connectivity index (χ1) is 31.0. The Morgan fingerprint density at radius 1 is 0.429 bits per heavy atom. The molecular formula is C57H111NO5. The van der Waals surface area contributed by atoms with Crippen molar-refractivity contribution in [1.29, 1.82) is 0 Å². The van der Waals surface area contributed by atoms with Crippen LogP contribution in [0.1, 0.15) is 316 Å². The molecule has 2 unspecified atom stereocenters. The molecular weight excluding hydrogens is 779 g/mol. The van der Waals surface area contributed by atoms with Gasteiger partial charge in [-0.2, -0.15) is 0 Å². The lowest BCUT2D eigenvalue weighted by Gasteiger charge is -2.22. The van der Waals surface area contributed by atoms with E-state index in [2.05, 4.69) is 31.3 Å². The predicted molar refractivity (Wildman–Crippen MR) is 273 cm³/mol. The Labute approximate surface area is 393 Å². The van der Waals surface area contributed by atoms with Crippen molar-refractivity contribution in [1.82, 2.24) is 5.32 Å². The molecule has 0 aliphatic heterocycles. The maximum Gasteiger partial charge on any atom is 0.305 e. The van der Waals surface area contributed by atoms with E-state index in [0.717, 1.165) is 38.5 Å². The van der Waals surface area contributed by atoms with E-state index in [1.54, 1.807) is 0 Å². The number of ether oxygens (including phenoxy) is 1. The molecule has 3 N–H and O–H groups in total. The minimum Gasteiger partial charge on any atom is -0.466 e. The second-order valence-corrected chi connectivity index (χ2v) is 19.6. The lowest BCUT2D eigenvalue weighted by molar-refractivity contribution is -0.143. The monoisotopic (exact) mass is 890 g/mol. The summed E-state index contributed by atoms with van der Waals surface area (Å²) >= 11 is 0. The van der Waals surface area contributed by atoms with Gasteiger partial charge in [0.2, 0.25) is 5.91 Å². The fraction of sp³-hybridized carbons (Fsp3) is 0.930. The van der Waals surface area contributed by atoms with E-state index >= 15 is 0 Å². The van der Waals surface area contributed by atoms with Crippen molar-refractivity contribution in [2.45, 2.75) is 328 Å². The Kier molecular flexibility index (Phi) is 52.0. The average Bonchev–Trinajstić information content (AvgIpc) is 3.28. The van der Waals surface area contributed by atoms with E-state index in [1.807, 2.05) is 0 Å². The summed E-state index contributed by atoms with van der Waals surface area (Å²) in [6, 6.07) is -0.547. The third kappa shape index (κ3) is 49.9. The molecule has 0 saturated heterocycles. The fourth-order valence-corrected chi connectivity index (χ4v) is 8.93. The molecule has 0 saturated carbocycles. The van der Waals surface area contributed by atoms with Crippen molar-refractivity contribution < 1.29 is 24.5 Å². The molecule has 0 heterocycles. The molecule has 0 aliphatic rings. The van der Waals surface area contributed by atoms with Crippen LogP contribution in [0.5, 0.6) is 0 Å². The lowest BCUT2D eigenvalue weighted by atomic mass is 10.0. The zero-order valence-electron chi connectivity index (χ0n) is 42.6. The van der Waals surface area contributed by atoms with E-state index in [1.165, 1.54) is 244 Å². The molecule has 0 rings (SSSR count). The Hall–Kier alpha value is -1.40. The van der Waals surface area contributed by atoms with Crippen LogP contribution in [0.4, 0.5) is 0 Å². The third-order valence-corrected chi connectivity index (χ3v) is 13.3. The zero-order valence-corrected chi connectivity index (χ0v) is 42.6. The summed E-state index contributed by atoms with van der Waals surface area (Å²) < 4.78 is 5.47. The molecule has 0 spiro atoms.